The number of nitrogens with one attached hydrogen (secondary N) is 2. The van der Waals surface area contributed by atoms with Gasteiger partial charge in [0.1, 0.15) is 12.4 Å². The fourth-order valence-electron chi connectivity index (χ4n) is 3.50. The maximum absolute atomic E-state index is 12.8. The van der Waals surface area contributed by atoms with Gasteiger partial charge < -0.3 is 9.88 Å². The summed E-state index contributed by atoms with van der Waals surface area (Å²) in [5, 5.41) is 2.24. The summed E-state index contributed by atoms with van der Waals surface area (Å²) in [5.74, 6) is 0.783. The number of benzene rings is 1. The van der Waals surface area contributed by atoms with E-state index in [1.807, 2.05) is 4.90 Å². The summed E-state index contributed by atoms with van der Waals surface area (Å²) in [5.41, 5.74) is 1.16. The number of aromatic nitrogens is 2. The van der Waals surface area contributed by atoms with Gasteiger partial charge in [-0.25, -0.2) is 9.78 Å². The van der Waals surface area contributed by atoms with Crippen molar-refractivity contribution in [1.29, 1.82) is 0 Å². The Labute approximate surface area is 150 Å². The van der Waals surface area contributed by atoms with E-state index in [2.05, 4.69) is 15.3 Å². The first-order valence-corrected chi connectivity index (χ1v) is 8.62. The van der Waals surface area contributed by atoms with Gasteiger partial charge in [-0.1, -0.05) is 0 Å². The minimum absolute atomic E-state index is 0.00305. The Kier molecular flexibility index (Phi) is 4.16. The smallest absolute Gasteiger partial charge is 0.329 e. The zero-order valence-corrected chi connectivity index (χ0v) is 14.1. The second kappa shape index (κ2) is 6.62. The van der Waals surface area contributed by atoms with Gasteiger partial charge in [0.05, 0.1) is 0 Å². The van der Waals surface area contributed by atoms with E-state index >= 15 is 0 Å². The van der Waals surface area contributed by atoms with Crippen molar-refractivity contribution < 1.29 is 14.4 Å². The lowest BCUT2D eigenvalue weighted by Crippen LogP contribution is -2.39. The predicted molar refractivity (Wildman–Crippen MR) is 93.8 cm³/mol. The predicted octanol–water partition coefficient (Wildman–Crippen LogP) is 1.49. The Hall–Kier alpha value is -3.16. The van der Waals surface area contributed by atoms with Crippen LogP contribution >= 0.6 is 0 Å². The molecule has 134 valence electrons. The molecule has 0 radical (unpaired) electrons. The molecule has 2 saturated heterocycles. The summed E-state index contributed by atoms with van der Waals surface area (Å²) >= 11 is 0. The van der Waals surface area contributed by atoms with Gasteiger partial charge in [-0.05, 0) is 37.1 Å². The number of urea groups is 1. The molecule has 2 aliphatic heterocycles. The molecule has 3 heterocycles. The van der Waals surface area contributed by atoms with Crippen molar-refractivity contribution in [2.75, 3.05) is 24.5 Å². The summed E-state index contributed by atoms with van der Waals surface area (Å²) in [6.45, 7) is 1.36. The molecule has 4 amide bonds. The van der Waals surface area contributed by atoms with Crippen molar-refractivity contribution in [1.82, 2.24) is 20.2 Å². The van der Waals surface area contributed by atoms with E-state index in [9.17, 15) is 14.4 Å². The highest BCUT2D eigenvalue weighted by Crippen LogP contribution is 2.26. The molecule has 0 aliphatic carbocycles. The van der Waals surface area contributed by atoms with Gasteiger partial charge in [0.15, 0.2) is 0 Å². The van der Waals surface area contributed by atoms with Crippen LogP contribution in [0.1, 0.15) is 34.9 Å². The molecule has 0 unspecified atom stereocenters. The Bertz CT molecular complexity index is 831. The molecule has 8 nitrogen and oxygen atoms in total. The van der Waals surface area contributed by atoms with Gasteiger partial charge in [0, 0.05) is 42.7 Å². The van der Waals surface area contributed by atoms with Crippen LogP contribution in [0, 0.1) is 0 Å². The van der Waals surface area contributed by atoms with Crippen LogP contribution in [0.4, 0.5) is 10.5 Å². The number of rotatable bonds is 3. The zero-order chi connectivity index (χ0) is 18.1. The monoisotopic (exact) mass is 353 g/mol. The standard InChI is InChI=1S/C18H19N5O3/c24-15-11-23(18(26)21-15)14-5-3-12(4-6-14)17(25)22-9-1-2-13(10-22)16-19-7-8-20-16/h3-8,13H,1-2,9-11H2,(H,19,20)(H,21,24,26)/t13-/m0/s1. The number of piperidine rings is 1. The summed E-state index contributed by atoms with van der Waals surface area (Å²) in [6.07, 6.45) is 5.47. The van der Waals surface area contributed by atoms with E-state index in [1.54, 1.807) is 36.7 Å². The van der Waals surface area contributed by atoms with Crippen LogP contribution in [-0.4, -0.2) is 52.3 Å². The maximum atomic E-state index is 12.8. The Morgan fingerprint density at radius 2 is 2.00 bits per heavy atom. The molecule has 0 saturated carbocycles. The number of imide groups is 1. The summed E-state index contributed by atoms with van der Waals surface area (Å²) < 4.78 is 0. The third kappa shape index (κ3) is 3.05. The second-order valence-electron chi connectivity index (χ2n) is 6.55. The van der Waals surface area contributed by atoms with Gasteiger partial charge >= 0.3 is 6.03 Å². The molecule has 8 heteroatoms. The summed E-state index contributed by atoms with van der Waals surface area (Å²) in [4.78, 5) is 46.5. The Balaban J connectivity index is 1.46. The fraction of sp³-hybridized carbons (Fsp3) is 0.333. The molecule has 26 heavy (non-hydrogen) atoms. The van der Waals surface area contributed by atoms with E-state index < -0.39 is 6.03 Å². The number of carbonyl (C=O) groups is 3. The van der Waals surface area contributed by atoms with Crippen LogP contribution in [0.25, 0.3) is 0 Å². The van der Waals surface area contributed by atoms with Crippen LogP contribution in [0.2, 0.25) is 0 Å². The number of aromatic amines is 1. The van der Waals surface area contributed by atoms with Crippen LogP contribution < -0.4 is 10.2 Å². The maximum Gasteiger partial charge on any atom is 0.329 e. The van der Waals surface area contributed by atoms with Crippen LogP contribution in [-0.2, 0) is 4.79 Å². The number of amides is 4. The van der Waals surface area contributed by atoms with Crippen molar-refractivity contribution in [2.24, 2.45) is 0 Å². The molecule has 2 fully saturated rings. The largest absolute Gasteiger partial charge is 0.348 e. The van der Waals surface area contributed by atoms with Crippen molar-refractivity contribution in [3.8, 4) is 0 Å². The van der Waals surface area contributed by atoms with E-state index in [0.29, 0.717) is 17.8 Å². The molecular formula is C18H19N5O3. The molecule has 0 bridgehead atoms. The van der Waals surface area contributed by atoms with E-state index in [1.165, 1.54) is 4.90 Å². The fourth-order valence-corrected chi connectivity index (χ4v) is 3.50. The average molecular weight is 353 g/mol. The van der Waals surface area contributed by atoms with Crippen molar-refractivity contribution in [3.05, 3.63) is 48.0 Å². The van der Waals surface area contributed by atoms with E-state index in [-0.39, 0.29) is 24.3 Å². The van der Waals surface area contributed by atoms with Crippen LogP contribution in [0.15, 0.2) is 36.7 Å². The summed E-state index contributed by atoms with van der Waals surface area (Å²) in [6, 6.07) is 6.35. The number of imidazole rings is 1. The molecule has 2 N–H and O–H groups in total. The van der Waals surface area contributed by atoms with Crippen LogP contribution in [0.3, 0.4) is 0 Å². The lowest BCUT2D eigenvalue weighted by Gasteiger charge is -2.32. The molecule has 0 spiro atoms. The van der Waals surface area contributed by atoms with E-state index in [0.717, 1.165) is 25.2 Å². The van der Waals surface area contributed by atoms with Gasteiger partial charge in [0.25, 0.3) is 5.91 Å². The number of nitrogens with zero attached hydrogens (tertiary/aromatic N) is 3. The number of hydrogen-bond donors (Lipinski definition) is 2. The molecule has 4 rings (SSSR count). The quantitative estimate of drug-likeness (QED) is 0.817. The number of carbonyl (C=O) groups excluding carboxylic acids is 3. The summed E-state index contributed by atoms with van der Waals surface area (Å²) in [7, 11) is 0. The van der Waals surface area contributed by atoms with Crippen molar-refractivity contribution in [3.63, 3.8) is 0 Å². The zero-order valence-electron chi connectivity index (χ0n) is 14.1. The lowest BCUT2D eigenvalue weighted by molar-refractivity contribution is -0.117. The first-order valence-electron chi connectivity index (χ1n) is 8.62. The van der Waals surface area contributed by atoms with E-state index in [4.69, 9.17) is 0 Å². The normalized spacial score (nSPS) is 20.4. The SMILES string of the molecule is O=C1CN(c2ccc(C(=O)N3CCC[C@H](c4ncc[nH]4)C3)cc2)C(=O)N1. The molecule has 1 aromatic heterocycles. The van der Waals surface area contributed by atoms with Gasteiger partial charge in [-0.2, -0.15) is 0 Å². The minimum atomic E-state index is -0.439. The first-order chi connectivity index (χ1) is 12.6. The van der Waals surface area contributed by atoms with Crippen molar-refractivity contribution >= 4 is 23.5 Å². The molecule has 1 atom stereocenters. The average Bonchev–Trinajstić information content (AvgIpc) is 3.31. The highest BCUT2D eigenvalue weighted by atomic mass is 16.2. The number of likely N-dealkylation sites (tertiary alicyclic amines) is 1. The van der Waals surface area contributed by atoms with Gasteiger partial charge in [-0.15, -0.1) is 0 Å². The molecular weight excluding hydrogens is 334 g/mol. The number of hydrogen-bond acceptors (Lipinski definition) is 4. The van der Waals surface area contributed by atoms with Crippen LogP contribution in [0.5, 0.6) is 0 Å². The van der Waals surface area contributed by atoms with Gasteiger partial charge in [0.2, 0.25) is 5.91 Å². The third-order valence-corrected chi connectivity index (χ3v) is 4.83. The molecule has 2 aromatic rings. The molecule has 1 aromatic carbocycles. The number of anilines is 1. The topological polar surface area (TPSA) is 98.4 Å². The highest BCUT2D eigenvalue weighted by molar-refractivity contribution is 6.12. The third-order valence-electron chi connectivity index (χ3n) is 4.83. The Morgan fingerprint density at radius 1 is 1.19 bits per heavy atom. The lowest BCUT2D eigenvalue weighted by atomic mass is 9.96. The Morgan fingerprint density at radius 3 is 2.65 bits per heavy atom. The van der Waals surface area contributed by atoms with Crippen molar-refractivity contribution in [2.45, 2.75) is 18.8 Å². The highest BCUT2D eigenvalue weighted by Gasteiger charge is 2.29. The molecule has 2 aliphatic rings. The first kappa shape index (κ1) is 16.3. The number of H-pyrrole nitrogens is 1. The minimum Gasteiger partial charge on any atom is -0.348 e. The second-order valence-corrected chi connectivity index (χ2v) is 6.55. The van der Waals surface area contributed by atoms with Gasteiger partial charge in [-0.3, -0.25) is 19.8 Å².